The topological polar surface area (TPSA) is 18.5 Å². The lowest BCUT2D eigenvalue weighted by molar-refractivity contribution is -0.168. The highest BCUT2D eigenvalue weighted by atomic mass is 32.2. The first kappa shape index (κ1) is 16.9. The molecular formula is C18H29O2S+. The summed E-state index contributed by atoms with van der Waals surface area (Å²) in [6, 6.07) is 8.99. The Balaban J connectivity index is 1.91. The molecule has 21 heavy (non-hydrogen) atoms. The van der Waals surface area contributed by atoms with Gasteiger partial charge < -0.3 is 9.47 Å². The Morgan fingerprint density at radius 3 is 2.29 bits per heavy atom. The molecule has 1 unspecified atom stereocenters. The summed E-state index contributed by atoms with van der Waals surface area (Å²) in [5.74, 6) is 0. The third-order valence-corrected chi connectivity index (χ3v) is 6.63. The van der Waals surface area contributed by atoms with Gasteiger partial charge in [-0.05, 0) is 64.7 Å². The van der Waals surface area contributed by atoms with E-state index in [9.17, 15) is 0 Å². The van der Waals surface area contributed by atoms with Crippen LogP contribution in [0, 0.1) is 0 Å². The Morgan fingerprint density at radius 1 is 1.10 bits per heavy atom. The summed E-state index contributed by atoms with van der Waals surface area (Å²) >= 11 is 0. The molecule has 0 amide bonds. The molecule has 0 saturated carbocycles. The first-order valence-corrected chi connectivity index (χ1v) is 9.47. The average Bonchev–Trinajstić information content (AvgIpc) is 2.47. The van der Waals surface area contributed by atoms with Crippen LogP contribution in [-0.4, -0.2) is 23.4 Å². The molecule has 3 heteroatoms. The van der Waals surface area contributed by atoms with Crippen molar-refractivity contribution in [2.45, 2.75) is 75.2 Å². The Labute approximate surface area is 132 Å². The summed E-state index contributed by atoms with van der Waals surface area (Å²) in [7, 11) is 0.327. The van der Waals surface area contributed by atoms with Crippen LogP contribution in [0.15, 0.2) is 29.2 Å². The van der Waals surface area contributed by atoms with Crippen LogP contribution in [0.5, 0.6) is 0 Å². The van der Waals surface area contributed by atoms with Gasteiger partial charge in [0.15, 0.2) is 11.2 Å². The molecule has 1 aromatic rings. The molecule has 0 N–H and O–H groups in total. The van der Waals surface area contributed by atoms with Crippen molar-refractivity contribution in [2.24, 2.45) is 0 Å². The fourth-order valence-electron chi connectivity index (χ4n) is 2.86. The molecule has 2 nitrogen and oxygen atoms in total. The van der Waals surface area contributed by atoms with E-state index in [-0.39, 0.29) is 6.29 Å². The fourth-order valence-corrected chi connectivity index (χ4v) is 5.49. The van der Waals surface area contributed by atoms with Crippen LogP contribution < -0.4 is 0 Å². The molecule has 1 atom stereocenters. The van der Waals surface area contributed by atoms with E-state index in [0.717, 1.165) is 13.0 Å². The lowest BCUT2D eigenvalue weighted by Gasteiger charge is -2.22. The van der Waals surface area contributed by atoms with Crippen molar-refractivity contribution in [2.75, 3.05) is 6.61 Å². The second-order valence-corrected chi connectivity index (χ2v) is 9.32. The number of rotatable bonds is 6. The summed E-state index contributed by atoms with van der Waals surface area (Å²) < 4.78 is 11.4. The third-order valence-electron chi connectivity index (χ3n) is 3.79. The molecule has 1 aromatic carbocycles. The maximum atomic E-state index is 5.84. The first-order chi connectivity index (χ1) is 10.1. The summed E-state index contributed by atoms with van der Waals surface area (Å²) in [4.78, 5) is 1.47. The molecule has 1 aliphatic heterocycles. The van der Waals surface area contributed by atoms with Crippen LogP contribution in [0.4, 0.5) is 0 Å². The summed E-state index contributed by atoms with van der Waals surface area (Å²) in [5, 5.41) is 1.39. The second kappa shape index (κ2) is 8.21. The zero-order valence-electron chi connectivity index (χ0n) is 13.8. The molecule has 0 aliphatic carbocycles. The fraction of sp³-hybridized carbons (Fsp3) is 0.667. The minimum atomic E-state index is -0.000576. The van der Waals surface area contributed by atoms with Crippen LogP contribution in [0.25, 0.3) is 0 Å². The molecule has 1 heterocycles. The summed E-state index contributed by atoms with van der Waals surface area (Å²) in [6.45, 7) is 10.8. The van der Waals surface area contributed by atoms with Crippen molar-refractivity contribution in [3.8, 4) is 0 Å². The number of hydrogen-bond donors (Lipinski definition) is 0. The molecule has 0 aromatic heterocycles. The first-order valence-electron chi connectivity index (χ1n) is 8.12. The molecule has 1 saturated heterocycles. The zero-order chi connectivity index (χ0) is 15.2. The van der Waals surface area contributed by atoms with E-state index in [2.05, 4.69) is 52.0 Å². The van der Waals surface area contributed by atoms with E-state index in [1.54, 1.807) is 0 Å². The van der Waals surface area contributed by atoms with E-state index < -0.39 is 0 Å². The minimum absolute atomic E-state index is 0.000576. The molecule has 1 fully saturated rings. The van der Waals surface area contributed by atoms with Gasteiger partial charge in [0.1, 0.15) is 10.5 Å². The van der Waals surface area contributed by atoms with E-state index in [0.29, 0.717) is 28.0 Å². The monoisotopic (exact) mass is 309 g/mol. The van der Waals surface area contributed by atoms with Crippen LogP contribution in [0.1, 0.15) is 52.5 Å². The normalized spacial score (nSPS) is 19.7. The smallest absolute Gasteiger partial charge is 0.158 e. The van der Waals surface area contributed by atoms with Crippen molar-refractivity contribution < 1.29 is 9.47 Å². The molecule has 2 rings (SSSR count). The number of benzene rings is 1. The Kier molecular flexibility index (Phi) is 6.59. The molecule has 0 radical (unpaired) electrons. The second-order valence-electron chi connectivity index (χ2n) is 6.22. The van der Waals surface area contributed by atoms with Gasteiger partial charge in [-0.2, -0.15) is 0 Å². The van der Waals surface area contributed by atoms with Gasteiger partial charge in [-0.1, -0.05) is 12.1 Å². The average molecular weight is 309 g/mol. The van der Waals surface area contributed by atoms with Crippen molar-refractivity contribution >= 4 is 10.9 Å². The highest BCUT2D eigenvalue weighted by Crippen LogP contribution is 2.24. The Bertz CT molecular complexity index is 400. The summed E-state index contributed by atoms with van der Waals surface area (Å²) in [5.41, 5.74) is 1.24. The van der Waals surface area contributed by atoms with Gasteiger partial charge in [0.25, 0.3) is 0 Å². The number of ether oxygens (including phenoxy) is 2. The van der Waals surface area contributed by atoms with Crippen molar-refractivity contribution in [1.82, 2.24) is 0 Å². The van der Waals surface area contributed by atoms with Crippen LogP contribution >= 0.6 is 0 Å². The molecule has 1 aliphatic rings. The van der Waals surface area contributed by atoms with Gasteiger partial charge in [-0.3, -0.25) is 0 Å². The van der Waals surface area contributed by atoms with Gasteiger partial charge in [-0.25, -0.2) is 0 Å². The van der Waals surface area contributed by atoms with E-state index >= 15 is 0 Å². The molecule has 118 valence electrons. The largest absolute Gasteiger partial charge is 0.353 e. The van der Waals surface area contributed by atoms with Crippen LogP contribution in [0.2, 0.25) is 0 Å². The summed E-state index contributed by atoms with van der Waals surface area (Å²) in [6.07, 6.45) is 3.41. The van der Waals surface area contributed by atoms with E-state index in [1.165, 1.54) is 23.3 Å². The molecule has 0 bridgehead atoms. The van der Waals surface area contributed by atoms with Gasteiger partial charge in [0, 0.05) is 17.5 Å². The van der Waals surface area contributed by atoms with Crippen molar-refractivity contribution in [3.05, 3.63) is 29.8 Å². The molecule has 0 spiro atoms. The predicted octanol–water partition coefficient (Wildman–Crippen LogP) is 4.52. The van der Waals surface area contributed by atoms with Gasteiger partial charge in [0.05, 0.1) is 6.61 Å². The van der Waals surface area contributed by atoms with Gasteiger partial charge >= 0.3 is 0 Å². The maximum Gasteiger partial charge on any atom is 0.158 e. The third kappa shape index (κ3) is 5.01. The Hall–Kier alpha value is -0.510. The quantitative estimate of drug-likeness (QED) is 0.719. The lowest BCUT2D eigenvalue weighted by Crippen LogP contribution is -2.24. The van der Waals surface area contributed by atoms with E-state index in [1.807, 2.05) is 0 Å². The lowest BCUT2D eigenvalue weighted by atomic mass is 10.2. The predicted molar refractivity (Wildman–Crippen MR) is 90.7 cm³/mol. The van der Waals surface area contributed by atoms with Gasteiger partial charge in [0.2, 0.25) is 0 Å². The standard InChI is InChI=1S/C18H29O2S/c1-14(2)21(15(3)4)17-10-8-16(9-11-17)13-20-18-7-5-6-12-19-18/h8-11,14-15,18H,5-7,12-13H2,1-4H3/q+1. The van der Waals surface area contributed by atoms with Crippen molar-refractivity contribution in [3.63, 3.8) is 0 Å². The zero-order valence-corrected chi connectivity index (χ0v) is 14.6. The highest BCUT2D eigenvalue weighted by molar-refractivity contribution is 7.98. The maximum absolute atomic E-state index is 5.84. The number of hydrogen-bond acceptors (Lipinski definition) is 2. The minimum Gasteiger partial charge on any atom is -0.353 e. The van der Waals surface area contributed by atoms with Crippen molar-refractivity contribution in [1.29, 1.82) is 0 Å². The SMILES string of the molecule is CC(C)[S+](c1ccc(COC2CCCCO2)cc1)C(C)C. The Morgan fingerprint density at radius 2 is 1.76 bits per heavy atom. The highest BCUT2D eigenvalue weighted by Gasteiger charge is 2.29. The molecular weight excluding hydrogens is 280 g/mol. The van der Waals surface area contributed by atoms with Crippen LogP contribution in [0.3, 0.4) is 0 Å². The van der Waals surface area contributed by atoms with E-state index in [4.69, 9.17) is 9.47 Å². The van der Waals surface area contributed by atoms with Gasteiger partial charge in [-0.15, -0.1) is 0 Å². The van der Waals surface area contributed by atoms with Crippen LogP contribution in [-0.2, 0) is 27.0 Å².